The molecule has 2 heterocycles. The van der Waals surface area contributed by atoms with Gasteiger partial charge in [0.2, 0.25) is 0 Å². The molecule has 1 N–H and O–H groups in total. The smallest absolute Gasteiger partial charge is 0.407 e. The van der Waals surface area contributed by atoms with E-state index in [2.05, 4.69) is 15.9 Å². The predicted octanol–water partition coefficient (Wildman–Crippen LogP) is 1.96. The molecule has 6 nitrogen and oxygen atoms in total. The topological polar surface area (TPSA) is 56.3 Å². The van der Waals surface area contributed by atoms with Gasteiger partial charge in [0.05, 0.1) is 5.69 Å². The lowest BCUT2D eigenvalue weighted by molar-refractivity contribution is 0.142. The number of carboxylic acid groups (broad SMARTS) is 1. The lowest BCUT2D eigenvalue weighted by atomic mass is 10.2. The molecule has 126 valence electrons. The van der Waals surface area contributed by atoms with Crippen molar-refractivity contribution in [2.24, 2.45) is 0 Å². The van der Waals surface area contributed by atoms with Crippen molar-refractivity contribution < 1.29 is 14.6 Å². The number of carbonyl (C=O) groups is 1. The Bertz CT molecular complexity index is 524. The molecule has 1 aromatic rings. The molecule has 2 fully saturated rings. The van der Waals surface area contributed by atoms with Crippen LogP contribution < -0.4 is 9.64 Å². The van der Waals surface area contributed by atoms with Crippen molar-refractivity contribution in [1.82, 2.24) is 9.80 Å². The van der Waals surface area contributed by atoms with Gasteiger partial charge in [0, 0.05) is 32.7 Å². The highest BCUT2D eigenvalue weighted by Gasteiger charge is 2.22. The number of ether oxygens (including phenoxy) is 1. The highest BCUT2D eigenvalue weighted by atomic mass is 16.5. The van der Waals surface area contributed by atoms with Crippen LogP contribution in [0.3, 0.4) is 0 Å². The maximum atomic E-state index is 11.0. The van der Waals surface area contributed by atoms with Gasteiger partial charge in [0.15, 0.2) is 0 Å². The van der Waals surface area contributed by atoms with Gasteiger partial charge >= 0.3 is 6.09 Å². The van der Waals surface area contributed by atoms with Gasteiger partial charge in [0.25, 0.3) is 0 Å². The molecule has 0 atom stereocenters. The molecule has 6 heteroatoms. The second kappa shape index (κ2) is 7.55. The number of anilines is 1. The molecule has 0 radical (unpaired) electrons. The van der Waals surface area contributed by atoms with E-state index in [1.165, 1.54) is 30.8 Å². The molecule has 0 saturated carbocycles. The second-order valence-electron chi connectivity index (χ2n) is 6.12. The largest absolute Gasteiger partial charge is 0.490 e. The van der Waals surface area contributed by atoms with Crippen molar-refractivity contribution in [1.29, 1.82) is 0 Å². The van der Waals surface area contributed by atoms with Gasteiger partial charge < -0.3 is 19.6 Å². The van der Waals surface area contributed by atoms with Crippen LogP contribution in [0.1, 0.15) is 12.8 Å². The maximum absolute atomic E-state index is 11.0. The van der Waals surface area contributed by atoms with E-state index in [0.717, 1.165) is 18.0 Å². The lowest BCUT2D eigenvalue weighted by Gasteiger charge is -2.35. The van der Waals surface area contributed by atoms with Crippen LogP contribution in [0.15, 0.2) is 24.3 Å². The highest BCUT2D eigenvalue weighted by molar-refractivity contribution is 5.66. The average molecular weight is 319 g/mol. The molecule has 1 amide bonds. The minimum absolute atomic E-state index is 0.539. The molecule has 2 saturated heterocycles. The van der Waals surface area contributed by atoms with Crippen LogP contribution in [-0.2, 0) is 0 Å². The predicted molar refractivity (Wildman–Crippen MR) is 89.4 cm³/mol. The van der Waals surface area contributed by atoms with E-state index in [1.54, 1.807) is 0 Å². The van der Waals surface area contributed by atoms with Gasteiger partial charge in [-0.2, -0.15) is 0 Å². The summed E-state index contributed by atoms with van der Waals surface area (Å²) in [6.07, 6.45) is 1.76. The minimum Gasteiger partial charge on any atom is -0.490 e. The molecule has 0 spiro atoms. The van der Waals surface area contributed by atoms with Gasteiger partial charge in [-0.05, 0) is 38.1 Å². The Balaban J connectivity index is 1.56. The third-order valence-corrected chi connectivity index (χ3v) is 4.62. The van der Waals surface area contributed by atoms with Gasteiger partial charge in [-0.25, -0.2) is 4.79 Å². The molecule has 0 aromatic heterocycles. The van der Waals surface area contributed by atoms with Crippen molar-refractivity contribution in [3.8, 4) is 5.75 Å². The Hall–Kier alpha value is -1.95. The van der Waals surface area contributed by atoms with Crippen molar-refractivity contribution in [2.45, 2.75) is 12.8 Å². The molecule has 2 aliphatic rings. The lowest BCUT2D eigenvalue weighted by Crippen LogP contribution is -2.48. The van der Waals surface area contributed by atoms with Crippen LogP contribution in [0.2, 0.25) is 0 Å². The fourth-order valence-corrected chi connectivity index (χ4v) is 3.27. The number of hydrogen-bond acceptors (Lipinski definition) is 4. The zero-order valence-electron chi connectivity index (χ0n) is 13.5. The quantitative estimate of drug-likeness (QED) is 0.899. The van der Waals surface area contributed by atoms with Gasteiger partial charge in [0.1, 0.15) is 12.4 Å². The monoisotopic (exact) mass is 319 g/mol. The van der Waals surface area contributed by atoms with Gasteiger partial charge in [-0.1, -0.05) is 12.1 Å². The van der Waals surface area contributed by atoms with Crippen molar-refractivity contribution in [3.63, 3.8) is 0 Å². The summed E-state index contributed by atoms with van der Waals surface area (Å²) in [6, 6.07) is 8.05. The van der Waals surface area contributed by atoms with Gasteiger partial charge in [-0.3, -0.25) is 4.90 Å². The van der Waals surface area contributed by atoms with E-state index < -0.39 is 6.09 Å². The third-order valence-electron chi connectivity index (χ3n) is 4.62. The summed E-state index contributed by atoms with van der Waals surface area (Å²) in [5, 5.41) is 9.05. The molecular weight excluding hydrogens is 294 g/mol. The van der Waals surface area contributed by atoms with Crippen LogP contribution in [0.4, 0.5) is 10.5 Å². The second-order valence-corrected chi connectivity index (χ2v) is 6.12. The van der Waals surface area contributed by atoms with Gasteiger partial charge in [-0.15, -0.1) is 0 Å². The van der Waals surface area contributed by atoms with Crippen molar-refractivity contribution in [2.75, 3.05) is 57.3 Å². The van der Waals surface area contributed by atoms with Crippen molar-refractivity contribution >= 4 is 11.8 Å². The van der Waals surface area contributed by atoms with E-state index in [9.17, 15) is 4.79 Å². The summed E-state index contributed by atoms with van der Waals surface area (Å²) in [6.45, 7) is 6.53. The Morgan fingerprint density at radius 3 is 2.43 bits per heavy atom. The number of likely N-dealkylation sites (tertiary alicyclic amines) is 1. The molecular formula is C17H25N3O3. The molecule has 0 bridgehead atoms. The van der Waals surface area contributed by atoms with Crippen LogP contribution >= 0.6 is 0 Å². The number of nitrogens with zero attached hydrogens (tertiary/aromatic N) is 3. The fraction of sp³-hybridized carbons (Fsp3) is 0.588. The number of piperazine rings is 1. The molecule has 3 rings (SSSR count). The van der Waals surface area contributed by atoms with Crippen molar-refractivity contribution in [3.05, 3.63) is 24.3 Å². The van der Waals surface area contributed by atoms with E-state index in [-0.39, 0.29) is 0 Å². The zero-order chi connectivity index (χ0) is 16.1. The first kappa shape index (κ1) is 15.9. The first-order valence-corrected chi connectivity index (χ1v) is 8.41. The number of hydrogen-bond donors (Lipinski definition) is 1. The van der Waals surface area contributed by atoms with Crippen LogP contribution in [-0.4, -0.2) is 73.4 Å². The first-order chi connectivity index (χ1) is 11.2. The minimum atomic E-state index is -0.834. The summed E-state index contributed by atoms with van der Waals surface area (Å²) >= 11 is 0. The van der Waals surface area contributed by atoms with Crippen LogP contribution in [0.5, 0.6) is 5.75 Å². The number of amides is 1. The van der Waals surface area contributed by atoms with Crippen LogP contribution in [0, 0.1) is 0 Å². The van der Waals surface area contributed by atoms with E-state index >= 15 is 0 Å². The van der Waals surface area contributed by atoms with E-state index in [0.29, 0.717) is 32.8 Å². The van der Waals surface area contributed by atoms with E-state index in [4.69, 9.17) is 9.84 Å². The summed E-state index contributed by atoms with van der Waals surface area (Å²) in [7, 11) is 0. The Morgan fingerprint density at radius 2 is 1.74 bits per heavy atom. The average Bonchev–Trinajstić information content (AvgIpc) is 3.09. The maximum Gasteiger partial charge on any atom is 0.407 e. The Labute approximate surface area is 137 Å². The molecule has 1 aromatic carbocycles. The SMILES string of the molecule is O=C(O)N1CCN(c2ccccc2OCCN2CCCC2)CC1. The summed E-state index contributed by atoms with van der Waals surface area (Å²) in [5.74, 6) is 0.899. The summed E-state index contributed by atoms with van der Waals surface area (Å²) < 4.78 is 6.01. The molecule has 2 aliphatic heterocycles. The molecule has 23 heavy (non-hydrogen) atoms. The molecule has 0 aliphatic carbocycles. The highest BCUT2D eigenvalue weighted by Crippen LogP contribution is 2.28. The summed E-state index contributed by atoms with van der Waals surface area (Å²) in [4.78, 5) is 17.1. The first-order valence-electron chi connectivity index (χ1n) is 8.41. The normalized spacial score (nSPS) is 19.1. The van der Waals surface area contributed by atoms with Crippen LogP contribution in [0.25, 0.3) is 0 Å². The summed E-state index contributed by atoms with van der Waals surface area (Å²) in [5.41, 5.74) is 1.07. The number of para-hydroxylation sites is 2. The standard InChI is InChI=1S/C17H25N3O3/c21-17(22)20-11-9-19(10-12-20)15-5-1-2-6-16(15)23-14-13-18-7-3-4-8-18/h1-2,5-6H,3-4,7-14H2,(H,21,22). The van der Waals surface area contributed by atoms with E-state index in [1.807, 2.05) is 18.2 Å². The number of rotatable bonds is 5. The fourth-order valence-electron chi connectivity index (χ4n) is 3.27. The zero-order valence-corrected chi connectivity index (χ0v) is 13.5. The third kappa shape index (κ3) is 4.07. The Kier molecular flexibility index (Phi) is 5.23. The Morgan fingerprint density at radius 1 is 1.04 bits per heavy atom. The molecule has 0 unspecified atom stereocenters. The number of benzene rings is 1.